The minimum Gasteiger partial charge on any atom is -0.393 e. The van der Waals surface area contributed by atoms with Gasteiger partial charge in [0, 0.05) is 13.1 Å². The molecule has 0 bridgehead atoms. The van der Waals surface area contributed by atoms with Gasteiger partial charge in [0.2, 0.25) is 0 Å². The molecule has 1 saturated heterocycles. The summed E-state index contributed by atoms with van der Waals surface area (Å²) >= 11 is 11.6. The Hall–Kier alpha value is -0.840. The van der Waals surface area contributed by atoms with Crippen molar-refractivity contribution < 1.29 is 9.90 Å². The number of rotatable bonds is 1. The molecular formula is C12H14Cl2N2O2. The molecule has 2 unspecified atom stereocenters. The highest BCUT2D eigenvalue weighted by atomic mass is 35.5. The number of hydrogen-bond acceptors (Lipinski definition) is 3. The predicted octanol–water partition coefficient (Wildman–Crippen LogP) is 2.23. The van der Waals surface area contributed by atoms with Crippen molar-refractivity contribution in [2.45, 2.75) is 19.4 Å². The Morgan fingerprint density at radius 2 is 2.22 bits per heavy atom. The molecule has 0 spiro atoms. The van der Waals surface area contributed by atoms with Gasteiger partial charge in [-0.1, -0.05) is 30.1 Å². The zero-order valence-electron chi connectivity index (χ0n) is 9.94. The molecule has 0 radical (unpaired) electrons. The Labute approximate surface area is 116 Å². The van der Waals surface area contributed by atoms with E-state index in [9.17, 15) is 9.90 Å². The van der Waals surface area contributed by atoms with Crippen LogP contribution in [0.4, 0.5) is 0 Å². The van der Waals surface area contributed by atoms with Gasteiger partial charge in [-0.05, 0) is 24.5 Å². The lowest BCUT2D eigenvalue weighted by Gasteiger charge is -2.34. The van der Waals surface area contributed by atoms with Crippen LogP contribution in [0.25, 0.3) is 0 Å². The molecule has 18 heavy (non-hydrogen) atoms. The molecule has 1 aromatic rings. The number of aliphatic hydroxyl groups is 1. The van der Waals surface area contributed by atoms with Crippen LogP contribution in [0.3, 0.4) is 0 Å². The monoisotopic (exact) mass is 288 g/mol. The van der Waals surface area contributed by atoms with Gasteiger partial charge in [-0.3, -0.25) is 4.79 Å². The zero-order chi connectivity index (χ0) is 13.3. The molecule has 2 heterocycles. The highest BCUT2D eigenvalue weighted by Crippen LogP contribution is 2.22. The second kappa shape index (κ2) is 5.43. The average Bonchev–Trinajstić information content (AvgIpc) is 2.32. The number of piperidine rings is 1. The van der Waals surface area contributed by atoms with Gasteiger partial charge >= 0.3 is 0 Å². The van der Waals surface area contributed by atoms with Gasteiger partial charge in [-0.2, -0.15) is 0 Å². The fraction of sp³-hybridized carbons (Fsp3) is 0.500. The summed E-state index contributed by atoms with van der Waals surface area (Å²) in [6, 6.07) is 3.12. The molecule has 2 atom stereocenters. The Balaban J connectivity index is 2.16. The molecule has 0 aliphatic carbocycles. The number of halogens is 2. The van der Waals surface area contributed by atoms with Crippen LogP contribution < -0.4 is 0 Å². The topological polar surface area (TPSA) is 53.4 Å². The first-order chi connectivity index (χ1) is 8.49. The maximum atomic E-state index is 12.3. The number of amides is 1. The van der Waals surface area contributed by atoms with E-state index in [2.05, 4.69) is 4.98 Å². The maximum absolute atomic E-state index is 12.3. The van der Waals surface area contributed by atoms with Crippen molar-refractivity contribution in [2.75, 3.05) is 13.1 Å². The smallest absolute Gasteiger partial charge is 0.256 e. The number of pyridine rings is 1. The summed E-state index contributed by atoms with van der Waals surface area (Å²) in [4.78, 5) is 17.8. The van der Waals surface area contributed by atoms with Gasteiger partial charge in [-0.15, -0.1) is 0 Å². The molecule has 6 heteroatoms. The number of aliphatic hydroxyl groups excluding tert-OH is 1. The molecule has 2 rings (SSSR count). The van der Waals surface area contributed by atoms with E-state index in [0.717, 1.165) is 0 Å². The van der Waals surface area contributed by atoms with E-state index in [0.29, 0.717) is 25.1 Å². The first-order valence-corrected chi connectivity index (χ1v) is 6.54. The lowest BCUT2D eigenvalue weighted by molar-refractivity contribution is 0.0297. The Kier molecular flexibility index (Phi) is 4.10. The second-order valence-electron chi connectivity index (χ2n) is 4.56. The summed E-state index contributed by atoms with van der Waals surface area (Å²) in [6.45, 7) is 2.98. The summed E-state index contributed by atoms with van der Waals surface area (Å²) in [5.41, 5.74) is 0.352. The van der Waals surface area contributed by atoms with Crippen LogP contribution >= 0.6 is 23.2 Å². The number of hydrogen-bond donors (Lipinski definition) is 1. The standard InChI is InChI=1S/C12H14Cl2N2O2/c1-7-6-16(5-4-9(7)17)12(18)8-2-3-10(13)15-11(8)14/h2-3,7,9,17H,4-6H2,1H3. The normalized spacial score (nSPS) is 24.1. The summed E-state index contributed by atoms with van der Waals surface area (Å²) in [6.07, 6.45) is 0.249. The first kappa shape index (κ1) is 13.6. The zero-order valence-corrected chi connectivity index (χ0v) is 11.4. The van der Waals surface area contributed by atoms with Crippen molar-refractivity contribution in [1.29, 1.82) is 0 Å². The van der Waals surface area contributed by atoms with E-state index in [1.54, 1.807) is 17.0 Å². The largest absolute Gasteiger partial charge is 0.393 e. The van der Waals surface area contributed by atoms with E-state index in [1.165, 1.54) is 0 Å². The molecule has 1 aliphatic rings. The summed E-state index contributed by atoms with van der Waals surface area (Å²) in [5, 5.41) is 10.0. The van der Waals surface area contributed by atoms with Gasteiger partial charge in [-0.25, -0.2) is 4.98 Å². The lowest BCUT2D eigenvalue weighted by atomic mass is 9.96. The number of carbonyl (C=O) groups excluding carboxylic acids is 1. The third-order valence-electron chi connectivity index (χ3n) is 3.19. The molecule has 4 nitrogen and oxygen atoms in total. The highest BCUT2D eigenvalue weighted by molar-refractivity contribution is 6.34. The summed E-state index contributed by atoms with van der Waals surface area (Å²) < 4.78 is 0. The van der Waals surface area contributed by atoms with Crippen molar-refractivity contribution in [3.8, 4) is 0 Å². The molecule has 98 valence electrons. The minimum atomic E-state index is -0.340. The Morgan fingerprint density at radius 1 is 1.50 bits per heavy atom. The number of nitrogens with zero attached hydrogens (tertiary/aromatic N) is 2. The van der Waals surface area contributed by atoms with E-state index in [1.807, 2.05) is 6.92 Å². The van der Waals surface area contributed by atoms with Crippen molar-refractivity contribution in [1.82, 2.24) is 9.88 Å². The third-order valence-corrected chi connectivity index (χ3v) is 3.69. The molecule has 1 aromatic heterocycles. The fourth-order valence-corrected chi connectivity index (χ4v) is 2.49. The molecule has 1 amide bonds. The maximum Gasteiger partial charge on any atom is 0.256 e. The van der Waals surface area contributed by atoms with Crippen molar-refractivity contribution in [3.63, 3.8) is 0 Å². The second-order valence-corrected chi connectivity index (χ2v) is 5.30. The van der Waals surface area contributed by atoms with Crippen LogP contribution in [-0.2, 0) is 0 Å². The number of aromatic nitrogens is 1. The molecule has 1 fully saturated rings. The first-order valence-electron chi connectivity index (χ1n) is 5.78. The molecule has 0 saturated carbocycles. The van der Waals surface area contributed by atoms with E-state index < -0.39 is 0 Å². The van der Waals surface area contributed by atoms with Crippen LogP contribution in [0.5, 0.6) is 0 Å². The van der Waals surface area contributed by atoms with E-state index in [4.69, 9.17) is 23.2 Å². The summed E-state index contributed by atoms with van der Waals surface area (Å²) in [5.74, 6) is -0.0929. The Bertz CT molecular complexity index is 467. The summed E-state index contributed by atoms with van der Waals surface area (Å²) in [7, 11) is 0. The predicted molar refractivity (Wildman–Crippen MR) is 69.9 cm³/mol. The highest BCUT2D eigenvalue weighted by Gasteiger charge is 2.28. The minimum absolute atomic E-state index is 0.0711. The van der Waals surface area contributed by atoms with E-state index in [-0.39, 0.29) is 28.2 Å². The number of likely N-dealkylation sites (tertiary alicyclic amines) is 1. The van der Waals surface area contributed by atoms with Crippen LogP contribution in [0.2, 0.25) is 10.3 Å². The van der Waals surface area contributed by atoms with Crippen LogP contribution in [0.15, 0.2) is 12.1 Å². The molecular weight excluding hydrogens is 275 g/mol. The van der Waals surface area contributed by atoms with Crippen LogP contribution in [0, 0.1) is 5.92 Å². The van der Waals surface area contributed by atoms with Crippen LogP contribution in [-0.4, -0.2) is 40.1 Å². The lowest BCUT2D eigenvalue weighted by Crippen LogP contribution is -2.45. The molecule has 1 aliphatic heterocycles. The van der Waals surface area contributed by atoms with Gasteiger partial charge in [0.1, 0.15) is 10.3 Å². The van der Waals surface area contributed by atoms with Crippen LogP contribution in [0.1, 0.15) is 23.7 Å². The quantitative estimate of drug-likeness (QED) is 0.807. The van der Waals surface area contributed by atoms with Crippen molar-refractivity contribution in [3.05, 3.63) is 28.0 Å². The van der Waals surface area contributed by atoms with Crippen molar-refractivity contribution in [2.24, 2.45) is 5.92 Å². The Morgan fingerprint density at radius 3 is 2.83 bits per heavy atom. The fourth-order valence-electron chi connectivity index (χ4n) is 2.06. The SMILES string of the molecule is CC1CN(C(=O)c2ccc(Cl)nc2Cl)CCC1O. The van der Waals surface area contributed by atoms with Crippen molar-refractivity contribution >= 4 is 29.1 Å². The third kappa shape index (κ3) is 2.76. The van der Waals surface area contributed by atoms with Gasteiger partial charge < -0.3 is 10.0 Å². The number of carbonyl (C=O) groups is 1. The average molecular weight is 289 g/mol. The van der Waals surface area contributed by atoms with Gasteiger partial charge in [0.15, 0.2) is 0 Å². The van der Waals surface area contributed by atoms with Gasteiger partial charge in [0.05, 0.1) is 11.7 Å². The van der Waals surface area contributed by atoms with Gasteiger partial charge in [0.25, 0.3) is 5.91 Å². The molecule has 0 aromatic carbocycles. The van der Waals surface area contributed by atoms with E-state index >= 15 is 0 Å². The molecule has 1 N–H and O–H groups in total.